The van der Waals surface area contributed by atoms with Gasteiger partial charge in [-0.05, 0) is 50.1 Å². The highest BCUT2D eigenvalue weighted by Crippen LogP contribution is 2.34. The number of benzene rings is 2. The predicted molar refractivity (Wildman–Crippen MR) is 141 cm³/mol. The predicted octanol–water partition coefficient (Wildman–Crippen LogP) is 5.14. The molecule has 0 atom stereocenters. The van der Waals surface area contributed by atoms with Crippen LogP contribution in [0.1, 0.15) is 43.4 Å². The second-order valence-corrected chi connectivity index (χ2v) is 9.58. The van der Waals surface area contributed by atoms with E-state index in [4.69, 9.17) is 5.26 Å². The smallest absolute Gasteiger partial charge is 0.382 e. The Hall–Kier alpha value is -3.25. The van der Waals surface area contributed by atoms with Gasteiger partial charge in [-0.15, -0.1) is 0 Å². The second kappa shape index (κ2) is 12.3. The van der Waals surface area contributed by atoms with Crippen LogP contribution in [-0.2, 0) is 11.0 Å². The number of halogens is 3. The largest absolute Gasteiger partial charge is 0.417 e. The van der Waals surface area contributed by atoms with E-state index in [1.807, 2.05) is 4.90 Å². The molecule has 2 saturated heterocycles. The maximum absolute atomic E-state index is 13.2. The number of rotatable bonds is 6. The summed E-state index contributed by atoms with van der Waals surface area (Å²) in [6.45, 7) is 7.74. The second-order valence-electron chi connectivity index (χ2n) is 9.58. The average molecular weight is 516 g/mol. The van der Waals surface area contributed by atoms with Crippen LogP contribution < -0.4 is 10.2 Å². The molecule has 9 heteroatoms. The van der Waals surface area contributed by atoms with Gasteiger partial charge >= 0.3 is 6.18 Å². The van der Waals surface area contributed by atoms with Gasteiger partial charge in [0.05, 0.1) is 17.2 Å². The molecule has 2 aliphatic rings. The van der Waals surface area contributed by atoms with Crippen molar-refractivity contribution < 1.29 is 18.0 Å². The Balaban J connectivity index is 0.00000380. The first kappa shape index (κ1) is 28.3. The van der Waals surface area contributed by atoms with Crippen molar-refractivity contribution in [3.63, 3.8) is 0 Å². The molecule has 0 aliphatic carbocycles. The fourth-order valence-electron chi connectivity index (χ4n) is 4.87. The van der Waals surface area contributed by atoms with Gasteiger partial charge in [-0.3, -0.25) is 9.69 Å². The third kappa shape index (κ3) is 7.39. The van der Waals surface area contributed by atoms with Crippen molar-refractivity contribution in [2.75, 3.05) is 56.0 Å². The monoisotopic (exact) mass is 515 g/mol. The summed E-state index contributed by atoms with van der Waals surface area (Å²) in [7, 11) is 0. The lowest BCUT2D eigenvalue weighted by Crippen LogP contribution is -2.48. The van der Waals surface area contributed by atoms with Crippen molar-refractivity contribution in [3.05, 3.63) is 59.2 Å². The topological polar surface area (TPSA) is 62.6 Å². The first-order chi connectivity index (χ1) is 17.2. The van der Waals surface area contributed by atoms with Crippen LogP contribution in [0.5, 0.6) is 0 Å². The maximum atomic E-state index is 13.2. The van der Waals surface area contributed by atoms with Gasteiger partial charge in [-0.25, -0.2) is 0 Å². The first-order valence-electron chi connectivity index (χ1n) is 12.4. The van der Waals surface area contributed by atoms with Crippen LogP contribution in [0, 0.1) is 18.3 Å². The summed E-state index contributed by atoms with van der Waals surface area (Å²) in [5, 5.41) is 12.1. The SMILES string of the molecule is C.Cc1ccc(N2CCN(CCC(=O)N3CCC(Nc4ccc(C#N)c(C(F)(F)F)c4)CC3)CC2)cc1. The summed E-state index contributed by atoms with van der Waals surface area (Å²) >= 11 is 0. The van der Waals surface area contributed by atoms with Gasteiger partial charge in [0.25, 0.3) is 0 Å². The minimum absolute atomic E-state index is 0. The highest BCUT2D eigenvalue weighted by molar-refractivity contribution is 5.76. The number of nitrogens with one attached hydrogen (secondary N) is 1. The fraction of sp³-hybridized carbons (Fsp3) is 0.500. The first-order valence-corrected chi connectivity index (χ1v) is 12.4. The number of carbonyl (C=O) groups is 1. The number of alkyl halides is 3. The van der Waals surface area contributed by atoms with Crippen LogP contribution in [0.4, 0.5) is 24.5 Å². The van der Waals surface area contributed by atoms with Gasteiger partial charge in [-0.2, -0.15) is 18.4 Å². The number of carbonyl (C=O) groups excluding carboxylic acids is 1. The zero-order valence-corrected chi connectivity index (χ0v) is 20.5. The standard InChI is InChI=1S/C27H32F3N5O.CH4/c1-20-2-6-24(7-3-20)34-16-14-33(15-17-34)11-10-26(36)35-12-8-22(9-13-35)32-23-5-4-21(19-31)25(18-23)27(28,29)30;/h2-7,18,22,32H,8-17H2,1H3;1H4. The molecule has 0 saturated carbocycles. The zero-order chi connectivity index (χ0) is 25.7. The van der Waals surface area contributed by atoms with Crippen molar-refractivity contribution in [1.82, 2.24) is 9.80 Å². The Morgan fingerprint density at radius 1 is 1.03 bits per heavy atom. The van der Waals surface area contributed by atoms with E-state index in [9.17, 15) is 18.0 Å². The van der Waals surface area contributed by atoms with Crippen molar-refractivity contribution >= 4 is 17.3 Å². The van der Waals surface area contributed by atoms with E-state index in [2.05, 4.69) is 46.3 Å². The Morgan fingerprint density at radius 2 is 1.68 bits per heavy atom. The summed E-state index contributed by atoms with van der Waals surface area (Å²) in [4.78, 5) is 19.3. The number of piperidine rings is 1. The molecule has 0 spiro atoms. The molecular formula is C28H36F3N5O. The van der Waals surface area contributed by atoms with Crippen molar-refractivity contribution in [2.24, 2.45) is 0 Å². The molecule has 2 heterocycles. The zero-order valence-electron chi connectivity index (χ0n) is 20.5. The third-order valence-corrected chi connectivity index (χ3v) is 7.08. The van der Waals surface area contributed by atoms with Gasteiger partial charge < -0.3 is 15.1 Å². The number of nitrogens with zero attached hydrogens (tertiary/aromatic N) is 4. The van der Waals surface area contributed by atoms with Gasteiger partial charge in [0.2, 0.25) is 5.91 Å². The van der Waals surface area contributed by atoms with E-state index < -0.39 is 11.7 Å². The molecule has 2 aromatic rings. The Bertz CT molecular complexity index is 1080. The van der Waals surface area contributed by atoms with E-state index in [-0.39, 0.29) is 24.9 Å². The molecule has 1 amide bonds. The van der Waals surface area contributed by atoms with Crippen molar-refractivity contribution in [1.29, 1.82) is 5.26 Å². The lowest BCUT2D eigenvalue weighted by molar-refractivity contribution is -0.137. The van der Waals surface area contributed by atoms with E-state index in [0.717, 1.165) is 38.8 Å². The number of hydrogen-bond donors (Lipinski definition) is 1. The molecule has 2 fully saturated rings. The molecule has 0 bridgehead atoms. The van der Waals surface area contributed by atoms with E-state index in [0.29, 0.717) is 38.0 Å². The third-order valence-electron chi connectivity index (χ3n) is 7.08. The molecule has 2 aliphatic heterocycles. The molecule has 0 unspecified atom stereocenters. The summed E-state index contributed by atoms with van der Waals surface area (Å²) in [5.74, 6) is 0.132. The van der Waals surface area contributed by atoms with Crippen LogP contribution in [0.15, 0.2) is 42.5 Å². The molecule has 1 N–H and O–H groups in total. The molecule has 4 rings (SSSR count). The number of anilines is 2. The minimum Gasteiger partial charge on any atom is -0.382 e. The van der Waals surface area contributed by atoms with Gasteiger partial charge in [-0.1, -0.05) is 25.1 Å². The highest BCUT2D eigenvalue weighted by Gasteiger charge is 2.34. The fourth-order valence-corrected chi connectivity index (χ4v) is 4.87. The minimum atomic E-state index is -4.58. The summed E-state index contributed by atoms with van der Waals surface area (Å²) in [6, 6.07) is 13.9. The van der Waals surface area contributed by atoms with Crippen LogP contribution in [0.2, 0.25) is 0 Å². The highest BCUT2D eigenvalue weighted by atomic mass is 19.4. The van der Waals surface area contributed by atoms with Crippen molar-refractivity contribution in [2.45, 2.75) is 45.8 Å². The number of likely N-dealkylation sites (tertiary alicyclic amines) is 1. The quantitative estimate of drug-likeness (QED) is 0.578. The number of aryl methyl sites for hydroxylation is 1. The van der Waals surface area contributed by atoms with Crippen LogP contribution in [0.25, 0.3) is 0 Å². The lowest BCUT2D eigenvalue weighted by atomic mass is 10.0. The van der Waals surface area contributed by atoms with Gasteiger partial charge in [0.15, 0.2) is 0 Å². The number of piperazine rings is 1. The average Bonchev–Trinajstić information content (AvgIpc) is 2.88. The summed E-state index contributed by atoms with van der Waals surface area (Å²) < 4.78 is 39.7. The molecule has 200 valence electrons. The number of hydrogen-bond acceptors (Lipinski definition) is 5. The molecule has 0 radical (unpaired) electrons. The Morgan fingerprint density at radius 3 is 2.27 bits per heavy atom. The summed E-state index contributed by atoms with van der Waals surface area (Å²) in [5.41, 5.74) is 1.52. The molecule has 0 aromatic heterocycles. The van der Waals surface area contributed by atoms with Crippen LogP contribution in [-0.4, -0.2) is 67.6 Å². The van der Waals surface area contributed by atoms with E-state index in [1.54, 1.807) is 6.07 Å². The Labute approximate surface area is 217 Å². The molecule has 6 nitrogen and oxygen atoms in total. The molecule has 37 heavy (non-hydrogen) atoms. The normalized spacial score (nSPS) is 17.2. The number of amides is 1. The molecular weight excluding hydrogens is 479 g/mol. The molecule has 2 aromatic carbocycles. The Kier molecular flexibility index (Phi) is 9.44. The lowest BCUT2D eigenvalue weighted by Gasteiger charge is -2.37. The van der Waals surface area contributed by atoms with E-state index >= 15 is 0 Å². The van der Waals surface area contributed by atoms with Crippen molar-refractivity contribution in [3.8, 4) is 6.07 Å². The number of nitriles is 1. The van der Waals surface area contributed by atoms with Crippen LogP contribution in [0.3, 0.4) is 0 Å². The maximum Gasteiger partial charge on any atom is 0.417 e. The van der Waals surface area contributed by atoms with E-state index in [1.165, 1.54) is 23.4 Å². The van der Waals surface area contributed by atoms with Gasteiger partial charge in [0.1, 0.15) is 0 Å². The van der Waals surface area contributed by atoms with Gasteiger partial charge in [0, 0.05) is 69.7 Å². The summed E-state index contributed by atoms with van der Waals surface area (Å²) in [6.07, 6.45) is -2.76. The van der Waals surface area contributed by atoms with Crippen LogP contribution >= 0.6 is 0 Å².